The molecule has 1 aromatic heterocycles. The quantitative estimate of drug-likeness (QED) is 0.513. The van der Waals surface area contributed by atoms with Crippen LogP contribution in [0.5, 0.6) is 5.75 Å². The van der Waals surface area contributed by atoms with Crippen molar-refractivity contribution in [3.63, 3.8) is 0 Å². The fourth-order valence-electron chi connectivity index (χ4n) is 2.99. The summed E-state index contributed by atoms with van der Waals surface area (Å²) < 4.78 is 97.7. The summed E-state index contributed by atoms with van der Waals surface area (Å²) in [6, 6.07) is 8.01. The Morgan fingerprint density at radius 1 is 0.844 bits per heavy atom. The first-order chi connectivity index (χ1) is 14.9. The van der Waals surface area contributed by atoms with Gasteiger partial charge in [-0.1, -0.05) is 18.2 Å². The number of rotatable bonds is 6. The first-order valence-electron chi connectivity index (χ1n) is 8.87. The Labute approximate surface area is 176 Å². The van der Waals surface area contributed by atoms with Gasteiger partial charge in [-0.3, -0.25) is 4.98 Å². The van der Waals surface area contributed by atoms with E-state index in [2.05, 4.69) is 9.72 Å². The number of pyridine rings is 1. The molecular weight excluding hydrogens is 447 g/mol. The Hall–Kier alpha value is -3.18. The van der Waals surface area contributed by atoms with Gasteiger partial charge < -0.3 is 14.9 Å². The lowest BCUT2D eigenvalue weighted by molar-refractivity contribution is -0.274. The van der Waals surface area contributed by atoms with Crippen molar-refractivity contribution in [1.82, 2.24) is 4.98 Å². The van der Waals surface area contributed by atoms with Crippen LogP contribution in [-0.2, 0) is 11.5 Å². The van der Waals surface area contributed by atoms with Crippen molar-refractivity contribution in [3.05, 3.63) is 83.7 Å². The Kier molecular flexibility index (Phi) is 6.16. The van der Waals surface area contributed by atoms with Crippen LogP contribution in [0.4, 0.5) is 30.7 Å². The molecule has 1 heterocycles. The number of alkyl halides is 5. The molecule has 0 radical (unpaired) electrons. The number of ether oxygens (including phenoxy) is 1. The number of aliphatic hydroxyl groups excluding tert-OH is 1. The minimum Gasteiger partial charge on any atom is -0.406 e. The van der Waals surface area contributed by atoms with Crippen molar-refractivity contribution in [3.8, 4) is 16.9 Å². The molecule has 3 aromatic rings. The highest BCUT2D eigenvalue weighted by Gasteiger charge is 2.57. The van der Waals surface area contributed by atoms with Crippen LogP contribution >= 0.6 is 0 Å². The predicted molar refractivity (Wildman–Crippen MR) is 97.6 cm³/mol. The lowest BCUT2D eigenvalue weighted by Gasteiger charge is -2.34. The fraction of sp³-hybridized carbons (Fsp3) is 0.190. The molecule has 0 aliphatic rings. The number of hydrogen-bond donors (Lipinski definition) is 2. The number of halogens is 7. The van der Waals surface area contributed by atoms with Crippen LogP contribution in [0.3, 0.4) is 0 Å². The van der Waals surface area contributed by atoms with Crippen LogP contribution in [-0.4, -0.2) is 28.2 Å². The van der Waals surface area contributed by atoms with Gasteiger partial charge in [0.15, 0.2) is 5.60 Å². The third-order valence-corrected chi connectivity index (χ3v) is 4.63. The number of aliphatic hydroxyl groups is 2. The number of benzene rings is 2. The highest BCUT2D eigenvalue weighted by molar-refractivity contribution is 5.63. The summed E-state index contributed by atoms with van der Waals surface area (Å²) in [5.74, 6) is -7.33. The molecule has 2 N–H and O–H groups in total. The van der Waals surface area contributed by atoms with Crippen LogP contribution in [0.2, 0.25) is 0 Å². The molecule has 0 amide bonds. The lowest BCUT2D eigenvalue weighted by atomic mass is 9.85. The standard InChI is InChI=1S/C21H14F7NO3/c22-14-4-7-16(17(23)9-14)19(31,11-30)20(24,25)18-8-3-13(10-29-18)12-1-5-15(6-2-12)32-21(26,27)28/h1-10,30-31H,11H2/t19-/m0/s1. The van der Waals surface area contributed by atoms with Gasteiger partial charge in [-0.25, -0.2) is 8.78 Å². The average molecular weight is 461 g/mol. The zero-order chi connectivity index (χ0) is 23.7. The van der Waals surface area contributed by atoms with Gasteiger partial charge >= 0.3 is 12.3 Å². The van der Waals surface area contributed by atoms with Crippen LogP contribution in [0, 0.1) is 11.6 Å². The van der Waals surface area contributed by atoms with E-state index in [9.17, 15) is 32.2 Å². The van der Waals surface area contributed by atoms with Crippen molar-refractivity contribution in [1.29, 1.82) is 0 Å². The maximum absolute atomic E-state index is 15.1. The maximum atomic E-state index is 15.1. The van der Waals surface area contributed by atoms with Crippen LogP contribution in [0.1, 0.15) is 11.3 Å². The molecule has 3 rings (SSSR count). The summed E-state index contributed by atoms with van der Waals surface area (Å²) >= 11 is 0. The first-order valence-corrected chi connectivity index (χ1v) is 8.87. The molecule has 0 saturated carbocycles. The lowest BCUT2D eigenvalue weighted by Crippen LogP contribution is -2.47. The van der Waals surface area contributed by atoms with Crippen molar-refractivity contribution in [2.45, 2.75) is 17.9 Å². The minimum atomic E-state index is -4.87. The highest BCUT2D eigenvalue weighted by atomic mass is 19.4. The summed E-state index contributed by atoms with van der Waals surface area (Å²) in [6.45, 7) is -1.60. The van der Waals surface area contributed by atoms with Crippen LogP contribution in [0.15, 0.2) is 60.8 Å². The molecule has 0 fully saturated rings. The Morgan fingerprint density at radius 3 is 1.97 bits per heavy atom. The SMILES string of the molecule is OC[C@](O)(c1ccc(F)cc1F)C(F)(F)c1ccc(-c2ccc(OC(F)(F)F)cc2)cn1. The van der Waals surface area contributed by atoms with Gasteiger partial charge in [-0.2, -0.15) is 8.78 Å². The second kappa shape index (κ2) is 8.40. The van der Waals surface area contributed by atoms with Crippen molar-refractivity contribution in [2.75, 3.05) is 6.61 Å². The molecule has 0 bridgehead atoms. The molecule has 0 saturated heterocycles. The van der Waals surface area contributed by atoms with E-state index in [0.29, 0.717) is 17.7 Å². The van der Waals surface area contributed by atoms with Crippen LogP contribution < -0.4 is 4.74 Å². The van der Waals surface area contributed by atoms with Crippen molar-refractivity contribution >= 4 is 0 Å². The first kappa shape index (κ1) is 23.5. The van der Waals surface area contributed by atoms with Gasteiger partial charge in [-0.05, 0) is 35.9 Å². The molecule has 170 valence electrons. The Balaban J connectivity index is 1.91. The summed E-state index contributed by atoms with van der Waals surface area (Å²) in [6.07, 6.45) is -3.91. The summed E-state index contributed by atoms with van der Waals surface area (Å²) in [4.78, 5) is 3.57. The zero-order valence-corrected chi connectivity index (χ0v) is 15.9. The zero-order valence-electron chi connectivity index (χ0n) is 15.9. The second-order valence-electron chi connectivity index (χ2n) is 6.72. The summed E-state index contributed by atoms with van der Waals surface area (Å²) in [5, 5.41) is 19.9. The fourth-order valence-corrected chi connectivity index (χ4v) is 2.99. The molecule has 11 heteroatoms. The largest absolute Gasteiger partial charge is 0.573 e. The van der Waals surface area contributed by atoms with Crippen LogP contribution in [0.25, 0.3) is 11.1 Å². The Bertz CT molecular complexity index is 1090. The minimum absolute atomic E-state index is 0.239. The molecule has 0 spiro atoms. The predicted octanol–water partition coefficient (Wildman–Crippen LogP) is 4.90. The van der Waals surface area contributed by atoms with Crippen molar-refractivity contribution < 1.29 is 45.7 Å². The highest BCUT2D eigenvalue weighted by Crippen LogP contribution is 2.45. The van der Waals surface area contributed by atoms with Gasteiger partial charge in [0.25, 0.3) is 0 Å². The van der Waals surface area contributed by atoms with E-state index >= 15 is 8.78 Å². The molecule has 0 aliphatic heterocycles. The molecule has 2 aromatic carbocycles. The van der Waals surface area contributed by atoms with E-state index in [1.807, 2.05) is 0 Å². The molecular formula is C21H14F7NO3. The Morgan fingerprint density at radius 2 is 1.47 bits per heavy atom. The number of aromatic nitrogens is 1. The third-order valence-electron chi connectivity index (χ3n) is 4.63. The van der Waals surface area contributed by atoms with E-state index in [4.69, 9.17) is 0 Å². The average Bonchev–Trinajstić information content (AvgIpc) is 2.72. The van der Waals surface area contributed by atoms with E-state index in [-0.39, 0.29) is 11.6 Å². The molecule has 32 heavy (non-hydrogen) atoms. The van der Waals surface area contributed by atoms with Gasteiger partial charge in [-0.15, -0.1) is 13.2 Å². The van der Waals surface area contributed by atoms with E-state index < -0.39 is 53.1 Å². The molecule has 0 unspecified atom stereocenters. The molecule has 4 nitrogen and oxygen atoms in total. The molecule has 0 aliphatic carbocycles. The monoisotopic (exact) mass is 461 g/mol. The smallest absolute Gasteiger partial charge is 0.406 e. The third kappa shape index (κ3) is 4.53. The maximum Gasteiger partial charge on any atom is 0.573 e. The van der Waals surface area contributed by atoms with Gasteiger partial charge in [0.1, 0.15) is 23.1 Å². The van der Waals surface area contributed by atoms with E-state index in [1.54, 1.807) is 0 Å². The normalized spacial score (nSPS) is 14.2. The molecule has 1 atom stereocenters. The number of nitrogens with zero attached hydrogens (tertiary/aromatic N) is 1. The second-order valence-corrected chi connectivity index (χ2v) is 6.72. The van der Waals surface area contributed by atoms with E-state index in [0.717, 1.165) is 30.5 Å². The summed E-state index contributed by atoms with van der Waals surface area (Å²) in [7, 11) is 0. The van der Waals surface area contributed by atoms with Gasteiger partial charge in [0.2, 0.25) is 0 Å². The van der Waals surface area contributed by atoms with Crippen molar-refractivity contribution in [2.24, 2.45) is 0 Å². The number of hydrogen-bond acceptors (Lipinski definition) is 4. The topological polar surface area (TPSA) is 62.6 Å². The van der Waals surface area contributed by atoms with E-state index in [1.165, 1.54) is 12.1 Å². The van der Waals surface area contributed by atoms with Gasteiger partial charge in [0, 0.05) is 23.4 Å². The summed E-state index contributed by atoms with van der Waals surface area (Å²) in [5.41, 5.74) is -4.95. The van der Waals surface area contributed by atoms with Gasteiger partial charge in [0.05, 0.1) is 6.61 Å².